The molecular weight excluding hydrogens is 334 g/mol. The summed E-state index contributed by atoms with van der Waals surface area (Å²) in [5.41, 5.74) is 3.63. The van der Waals surface area contributed by atoms with E-state index in [4.69, 9.17) is 4.99 Å². The fraction of sp³-hybridized carbons (Fsp3) is 0.263. The number of pyridine rings is 1. The van der Waals surface area contributed by atoms with Crippen molar-refractivity contribution in [3.63, 3.8) is 0 Å². The lowest BCUT2D eigenvalue weighted by atomic mass is 10.0. The molecule has 1 atom stereocenters. The molecule has 0 saturated carbocycles. The highest BCUT2D eigenvalue weighted by molar-refractivity contribution is 8.14. The first kappa shape index (κ1) is 14.5. The van der Waals surface area contributed by atoms with Crippen molar-refractivity contribution in [1.29, 1.82) is 0 Å². The molecule has 5 rings (SSSR count). The molecule has 0 spiro atoms. The molecule has 1 aromatic carbocycles. The summed E-state index contributed by atoms with van der Waals surface area (Å²) < 4.78 is 0. The zero-order valence-corrected chi connectivity index (χ0v) is 15.0. The molecule has 0 bridgehead atoms. The minimum Gasteiger partial charge on any atom is -0.342 e. The van der Waals surface area contributed by atoms with Crippen LogP contribution in [0.1, 0.15) is 16.1 Å². The van der Waals surface area contributed by atoms with Gasteiger partial charge in [-0.3, -0.25) is 4.98 Å². The van der Waals surface area contributed by atoms with Crippen LogP contribution in [-0.4, -0.2) is 26.8 Å². The summed E-state index contributed by atoms with van der Waals surface area (Å²) in [5.74, 6) is 1.14. The number of amidine groups is 1. The summed E-state index contributed by atoms with van der Waals surface area (Å²) in [6, 6.07) is 11.3. The van der Waals surface area contributed by atoms with Crippen molar-refractivity contribution in [2.24, 2.45) is 4.99 Å². The van der Waals surface area contributed by atoms with Crippen LogP contribution in [0, 0.1) is 6.92 Å². The summed E-state index contributed by atoms with van der Waals surface area (Å²) in [4.78, 5) is 13.4. The third-order valence-electron chi connectivity index (χ3n) is 4.79. The van der Waals surface area contributed by atoms with Gasteiger partial charge < -0.3 is 4.90 Å². The molecule has 1 fully saturated rings. The molecular formula is C19H17N3S2. The van der Waals surface area contributed by atoms with E-state index in [-0.39, 0.29) is 0 Å². The minimum absolute atomic E-state index is 0.592. The Bertz CT molecular complexity index is 960. The van der Waals surface area contributed by atoms with E-state index in [1.807, 2.05) is 36.2 Å². The predicted molar refractivity (Wildman–Crippen MR) is 103 cm³/mol. The zero-order chi connectivity index (χ0) is 16.1. The summed E-state index contributed by atoms with van der Waals surface area (Å²) >= 11 is 3.77. The largest absolute Gasteiger partial charge is 0.342 e. The Morgan fingerprint density at radius 3 is 3.21 bits per heavy atom. The van der Waals surface area contributed by atoms with Crippen LogP contribution in [0.2, 0.25) is 0 Å². The first-order chi connectivity index (χ1) is 11.8. The molecule has 1 unspecified atom stereocenters. The lowest BCUT2D eigenvalue weighted by Crippen LogP contribution is -2.38. The van der Waals surface area contributed by atoms with Gasteiger partial charge in [0.05, 0.1) is 12.2 Å². The van der Waals surface area contributed by atoms with E-state index in [0.29, 0.717) is 6.04 Å². The first-order valence-electron chi connectivity index (χ1n) is 8.17. The summed E-state index contributed by atoms with van der Waals surface area (Å²) in [6.07, 6.45) is 3.10. The third kappa shape index (κ3) is 2.34. The Hall–Kier alpha value is -1.85. The molecule has 24 heavy (non-hydrogen) atoms. The monoisotopic (exact) mass is 351 g/mol. The Labute approximate surface area is 149 Å². The van der Waals surface area contributed by atoms with Crippen molar-refractivity contribution < 1.29 is 0 Å². The van der Waals surface area contributed by atoms with Crippen LogP contribution < -0.4 is 0 Å². The quantitative estimate of drug-likeness (QED) is 0.632. The maximum atomic E-state index is 5.05. The number of rotatable bonds is 1. The third-order valence-corrected chi connectivity index (χ3v) is 6.88. The van der Waals surface area contributed by atoms with E-state index in [9.17, 15) is 0 Å². The molecule has 3 aromatic rings. The highest BCUT2D eigenvalue weighted by Crippen LogP contribution is 2.37. The molecule has 120 valence electrons. The average Bonchev–Trinajstić information content (AvgIpc) is 3.20. The van der Waals surface area contributed by atoms with Crippen LogP contribution in [0.25, 0.3) is 10.8 Å². The standard InChI is InChI=1S/C19H17N3S2/c1-12-7-16-14(9-20-12)3-2-4-17(16)21-19-22-10-18-13(5-6-23-18)8-15(22)11-24-19/h2-7,9,15H,8,10-11H2,1H3. The molecule has 0 amide bonds. The average molecular weight is 352 g/mol. The van der Waals surface area contributed by atoms with Gasteiger partial charge in [0.15, 0.2) is 5.17 Å². The van der Waals surface area contributed by atoms with Gasteiger partial charge in [0.1, 0.15) is 0 Å². The maximum Gasteiger partial charge on any atom is 0.165 e. The SMILES string of the molecule is Cc1cc2c(N=C3SCC4Cc5ccsc5CN34)cccc2cn1. The Morgan fingerprint density at radius 1 is 1.29 bits per heavy atom. The number of nitrogens with zero attached hydrogens (tertiary/aromatic N) is 3. The number of aryl methyl sites for hydroxylation is 1. The van der Waals surface area contributed by atoms with Crippen LogP contribution in [0.5, 0.6) is 0 Å². The van der Waals surface area contributed by atoms with E-state index in [2.05, 4.69) is 45.6 Å². The lowest BCUT2D eigenvalue weighted by Gasteiger charge is -2.30. The van der Waals surface area contributed by atoms with Crippen LogP contribution >= 0.6 is 23.1 Å². The molecule has 3 nitrogen and oxygen atoms in total. The number of aromatic nitrogens is 1. The van der Waals surface area contributed by atoms with E-state index in [1.165, 1.54) is 21.0 Å². The van der Waals surface area contributed by atoms with E-state index >= 15 is 0 Å². The fourth-order valence-corrected chi connectivity index (χ4v) is 5.61. The molecule has 0 N–H and O–H groups in total. The number of benzene rings is 1. The van der Waals surface area contributed by atoms with E-state index in [1.54, 1.807) is 0 Å². The second-order valence-electron chi connectivity index (χ2n) is 6.38. The van der Waals surface area contributed by atoms with E-state index < -0.39 is 0 Å². The topological polar surface area (TPSA) is 28.5 Å². The van der Waals surface area contributed by atoms with Crippen molar-refractivity contribution in [2.45, 2.75) is 25.9 Å². The molecule has 4 heterocycles. The second-order valence-corrected chi connectivity index (χ2v) is 8.37. The second kappa shape index (κ2) is 5.60. The normalized spacial score (nSPS) is 21.3. The lowest BCUT2D eigenvalue weighted by molar-refractivity contribution is 0.324. The molecule has 5 heteroatoms. The molecule has 2 aliphatic rings. The summed E-state index contributed by atoms with van der Waals surface area (Å²) in [6.45, 7) is 3.04. The van der Waals surface area contributed by atoms with Crippen LogP contribution in [0.3, 0.4) is 0 Å². The number of aliphatic imine (C=N–C) groups is 1. The van der Waals surface area contributed by atoms with Crippen molar-refractivity contribution in [1.82, 2.24) is 9.88 Å². The molecule has 1 saturated heterocycles. The Kier molecular flexibility index (Phi) is 3.38. The Balaban J connectivity index is 1.56. The smallest absolute Gasteiger partial charge is 0.165 e. The number of hydrogen-bond acceptors (Lipinski definition) is 4. The first-order valence-corrected chi connectivity index (χ1v) is 10.0. The van der Waals surface area contributed by atoms with Crippen molar-refractivity contribution in [2.75, 3.05) is 5.75 Å². The van der Waals surface area contributed by atoms with Gasteiger partial charge in [0.2, 0.25) is 0 Å². The molecule has 0 aliphatic carbocycles. The highest BCUT2D eigenvalue weighted by Gasteiger charge is 2.35. The van der Waals surface area contributed by atoms with Gasteiger partial charge in [-0.2, -0.15) is 0 Å². The van der Waals surface area contributed by atoms with Crippen molar-refractivity contribution >= 4 is 44.7 Å². The van der Waals surface area contributed by atoms with Gasteiger partial charge >= 0.3 is 0 Å². The van der Waals surface area contributed by atoms with Gasteiger partial charge in [-0.15, -0.1) is 11.3 Å². The van der Waals surface area contributed by atoms with Crippen molar-refractivity contribution in [3.05, 3.63) is 58.0 Å². The van der Waals surface area contributed by atoms with Gasteiger partial charge in [-0.25, -0.2) is 4.99 Å². The van der Waals surface area contributed by atoms with E-state index in [0.717, 1.165) is 35.5 Å². The van der Waals surface area contributed by atoms with Crippen LogP contribution in [-0.2, 0) is 13.0 Å². The number of fused-ring (bicyclic) bond motifs is 3. The van der Waals surface area contributed by atoms with Gasteiger partial charge in [0, 0.05) is 39.3 Å². The Morgan fingerprint density at radius 2 is 2.25 bits per heavy atom. The summed E-state index contributed by atoms with van der Waals surface area (Å²) in [5, 5.41) is 5.73. The summed E-state index contributed by atoms with van der Waals surface area (Å²) in [7, 11) is 0. The van der Waals surface area contributed by atoms with Gasteiger partial charge in [-0.1, -0.05) is 23.9 Å². The van der Waals surface area contributed by atoms with Crippen LogP contribution in [0.15, 0.2) is 46.9 Å². The number of thioether (sulfide) groups is 1. The van der Waals surface area contributed by atoms with Gasteiger partial charge in [0.25, 0.3) is 0 Å². The molecule has 2 aliphatic heterocycles. The van der Waals surface area contributed by atoms with Crippen molar-refractivity contribution in [3.8, 4) is 0 Å². The maximum absolute atomic E-state index is 5.05. The highest BCUT2D eigenvalue weighted by atomic mass is 32.2. The zero-order valence-electron chi connectivity index (χ0n) is 13.4. The molecule has 0 radical (unpaired) electrons. The minimum atomic E-state index is 0.592. The van der Waals surface area contributed by atoms with Gasteiger partial charge in [-0.05, 0) is 42.5 Å². The van der Waals surface area contributed by atoms with Crippen LogP contribution in [0.4, 0.5) is 5.69 Å². The number of hydrogen-bond donors (Lipinski definition) is 0. The fourth-order valence-electron chi connectivity index (χ4n) is 3.52. The molecule has 2 aromatic heterocycles. The number of thiophene rings is 1. The predicted octanol–water partition coefficient (Wildman–Crippen LogP) is 4.77.